The average Bonchev–Trinajstić information content (AvgIpc) is 3.23. The summed E-state index contributed by atoms with van der Waals surface area (Å²) in [6, 6.07) is 12.6. The number of hydrogen-bond donors (Lipinski definition) is 0. The Bertz CT molecular complexity index is 1020. The van der Waals surface area contributed by atoms with Gasteiger partial charge in [-0.25, -0.2) is 0 Å². The van der Waals surface area contributed by atoms with Crippen LogP contribution in [0.5, 0.6) is 11.5 Å². The molecule has 0 saturated heterocycles. The van der Waals surface area contributed by atoms with Crippen molar-refractivity contribution in [3.63, 3.8) is 0 Å². The number of rotatable bonds is 5. The summed E-state index contributed by atoms with van der Waals surface area (Å²) < 4.78 is 22.0. The van der Waals surface area contributed by atoms with Crippen molar-refractivity contribution in [1.82, 2.24) is 10.2 Å². The van der Waals surface area contributed by atoms with Crippen LogP contribution in [0.15, 0.2) is 46.9 Å². The second-order valence-electron chi connectivity index (χ2n) is 6.72. The minimum Gasteiger partial charge on any atom is -0.497 e. The van der Waals surface area contributed by atoms with Gasteiger partial charge in [0.15, 0.2) is 6.10 Å². The topological polar surface area (TPSA) is 83.7 Å². The summed E-state index contributed by atoms with van der Waals surface area (Å²) >= 11 is 6.03. The summed E-state index contributed by atoms with van der Waals surface area (Å²) in [6.45, 7) is 1.94. The molecule has 8 heteroatoms. The maximum Gasteiger partial charge on any atom is 0.313 e. The van der Waals surface area contributed by atoms with E-state index in [1.807, 2.05) is 12.1 Å². The van der Waals surface area contributed by atoms with E-state index in [2.05, 4.69) is 10.2 Å². The molecule has 2 aromatic carbocycles. The monoisotopic (exact) mass is 414 g/mol. The van der Waals surface area contributed by atoms with E-state index < -0.39 is 12.0 Å². The third-order valence-electron chi connectivity index (χ3n) is 4.68. The number of carbonyl (C=O) groups excluding carboxylic acids is 1. The zero-order valence-electron chi connectivity index (χ0n) is 15.9. The van der Waals surface area contributed by atoms with Crippen molar-refractivity contribution in [3.8, 4) is 23.0 Å². The van der Waals surface area contributed by atoms with Crippen molar-refractivity contribution in [2.75, 3.05) is 13.7 Å². The Morgan fingerprint density at radius 2 is 2.00 bits per heavy atom. The molecule has 0 fully saturated rings. The van der Waals surface area contributed by atoms with Crippen LogP contribution in [-0.2, 0) is 16.0 Å². The van der Waals surface area contributed by atoms with Gasteiger partial charge >= 0.3 is 5.97 Å². The first-order chi connectivity index (χ1) is 14.0. The Balaban J connectivity index is 1.41. The van der Waals surface area contributed by atoms with Gasteiger partial charge in [-0.15, -0.1) is 10.2 Å². The van der Waals surface area contributed by atoms with Gasteiger partial charge in [-0.3, -0.25) is 4.79 Å². The molecular formula is C21H19ClN2O5. The summed E-state index contributed by atoms with van der Waals surface area (Å²) in [5.41, 5.74) is 1.63. The Hall–Kier alpha value is -3.06. The normalized spacial score (nSPS) is 16.4. The van der Waals surface area contributed by atoms with E-state index in [9.17, 15) is 4.79 Å². The van der Waals surface area contributed by atoms with Crippen molar-refractivity contribution in [2.24, 2.45) is 5.92 Å². The third-order valence-corrected chi connectivity index (χ3v) is 4.92. The minimum atomic E-state index is -0.678. The predicted molar refractivity (Wildman–Crippen MR) is 105 cm³/mol. The molecule has 7 nitrogen and oxygen atoms in total. The molecule has 2 atom stereocenters. The van der Waals surface area contributed by atoms with E-state index in [-0.39, 0.29) is 18.5 Å². The first-order valence-corrected chi connectivity index (χ1v) is 9.51. The van der Waals surface area contributed by atoms with E-state index in [0.29, 0.717) is 17.3 Å². The highest BCUT2D eigenvalue weighted by molar-refractivity contribution is 6.30. The zero-order valence-corrected chi connectivity index (χ0v) is 16.7. The van der Waals surface area contributed by atoms with Crippen LogP contribution in [0.1, 0.15) is 24.5 Å². The van der Waals surface area contributed by atoms with Crippen molar-refractivity contribution < 1.29 is 23.4 Å². The highest BCUT2D eigenvalue weighted by atomic mass is 35.5. The quantitative estimate of drug-likeness (QED) is 0.577. The van der Waals surface area contributed by atoms with Gasteiger partial charge < -0.3 is 18.6 Å². The van der Waals surface area contributed by atoms with Crippen LogP contribution in [-0.4, -0.2) is 29.9 Å². The highest BCUT2D eigenvalue weighted by Crippen LogP contribution is 2.31. The fourth-order valence-corrected chi connectivity index (χ4v) is 3.28. The van der Waals surface area contributed by atoms with Crippen molar-refractivity contribution >= 4 is 17.6 Å². The fourth-order valence-electron chi connectivity index (χ4n) is 3.08. The molecule has 1 aliphatic heterocycles. The SMILES string of the molecule is COc1ccc(-c2nnc([C@@H](C)OC(=O)[C@@H]3COc4ccc(Cl)cc4C3)o2)cc1. The molecule has 0 N–H and O–H groups in total. The minimum absolute atomic E-state index is 0.226. The number of ether oxygens (including phenoxy) is 3. The zero-order chi connectivity index (χ0) is 20.4. The number of esters is 1. The van der Waals surface area contributed by atoms with Gasteiger partial charge in [0, 0.05) is 10.6 Å². The number of benzene rings is 2. The maximum absolute atomic E-state index is 12.6. The molecule has 0 aliphatic carbocycles. The molecule has 2 heterocycles. The van der Waals surface area contributed by atoms with Crippen molar-refractivity contribution in [3.05, 3.63) is 58.9 Å². The summed E-state index contributed by atoms with van der Waals surface area (Å²) in [5, 5.41) is 8.64. The Kier molecular flexibility index (Phi) is 5.40. The molecule has 0 unspecified atom stereocenters. The lowest BCUT2D eigenvalue weighted by Crippen LogP contribution is -2.30. The Labute approximate surface area is 172 Å². The summed E-state index contributed by atoms with van der Waals surface area (Å²) in [4.78, 5) is 12.6. The predicted octanol–water partition coefficient (Wildman–Crippen LogP) is 4.25. The van der Waals surface area contributed by atoms with E-state index in [4.69, 9.17) is 30.2 Å². The van der Waals surface area contributed by atoms with E-state index in [1.54, 1.807) is 44.4 Å². The number of halogens is 1. The van der Waals surface area contributed by atoms with Gasteiger partial charge in [0.2, 0.25) is 5.89 Å². The number of nitrogens with zero attached hydrogens (tertiary/aromatic N) is 2. The summed E-state index contributed by atoms with van der Waals surface area (Å²) in [6.07, 6.45) is -0.176. The van der Waals surface area contributed by atoms with Crippen LogP contribution >= 0.6 is 11.6 Å². The van der Waals surface area contributed by atoms with Crippen LogP contribution in [0.2, 0.25) is 5.02 Å². The first kappa shape index (κ1) is 19.3. The summed E-state index contributed by atoms with van der Waals surface area (Å²) in [5.74, 6) is 1.24. The largest absolute Gasteiger partial charge is 0.497 e. The number of hydrogen-bond acceptors (Lipinski definition) is 7. The molecule has 1 aromatic heterocycles. The Morgan fingerprint density at radius 1 is 1.21 bits per heavy atom. The maximum atomic E-state index is 12.6. The smallest absolute Gasteiger partial charge is 0.313 e. The van der Waals surface area contributed by atoms with E-state index in [1.165, 1.54) is 0 Å². The number of methoxy groups -OCH3 is 1. The van der Waals surface area contributed by atoms with Gasteiger partial charge in [0.25, 0.3) is 5.89 Å². The lowest BCUT2D eigenvalue weighted by atomic mass is 9.97. The molecule has 0 spiro atoms. The van der Waals surface area contributed by atoms with Crippen LogP contribution in [0.4, 0.5) is 0 Å². The van der Waals surface area contributed by atoms with Gasteiger partial charge in [-0.05, 0) is 61.4 Å². The lowest BCUT2D eigenvalue weighted by molar-refractivity contribution is -0.156. The first-order valence-electron chi connectivity index (χ1n) is 9.13. The molecule has 1 aliphatic rings. The molecule has 29 heavy (non-hydrogen) atoms. The molecule has 0 saturated carbocycles. The van der Waals surface area contributed by atoms with Gasteiger partial charge in [0.1, 0.15) is 18.1 Å². The molecule has 0 bridgehead atoms. The van der Waals surface area contributed by atoms with Gasteiger partial charge in [-0.1, -0.05) is 11.6 Å². The third kappa shape index (κ3) is 4.19. The van der Waals surface area contributed by atoms with E-state index >= 15 is 0 Å². The van der Waals surface area contributed by atoms with Gasteiger partial charge in [0.05, 0.1) is 13.0 Å². The molecule has 0 amide bonds. The summed E-state index contributed by atoms with van der Waals surface area (Å²) in [7, 11) is 1.60. The molecular weight excluding hydrogens is 396 g/mol. The van der Waals surface area contributed by atoms with Crippen LogP contribution < -0.4 is 9.47 Å². The molecule has 3 aromatic rings. The van der Waals surface area contributed by atoms with Crippen molar-refractivity contribution in [1.29, 1.82) is 0 Å². The molecule has 4 rings (SSSR count). The lowest BCUT2D eigenvalue weighted by Gasteiger charge is -2.24. The van der Waals surface area contributed by atoms with Gasteiger partial charge in [-0.2, -0.15) is 0 Å². The number of aromatic nitrogens is 2. The highest BCUT2D eigenvalue weighted by Gasteiger charge is 2.30. The standard InChI is InChI=1S/C21H19ClN2O5/c1-12(19-23-24-20(29-19)13-3-6-17(26-2)7-4-13)28-21(25)15-9-14-10-16(22)5-8-18(14)27-11-15/h3-8,10,12,15H,9,11H2,1-2H3/t12-,15+/m1/s1. The second kappa shape index (κ2) is 8.13. The van der Waals surface area contributed by atoms with Crippen LogP contribution in [0, 0.1) is 5.92 Å². The average molecular weight is 415 g/mol. The van der Waals surface area contributed by atoms with Crippen LogP contribution in [0.25, 0.3) is 11.5 Å². The van der Waals surface area contributed by atoms with Crippen molar-refractivity contribution in [2.45, 2.75) is 19.4 Å². The fraction of sp³-hybridized carbons (Fsp3) is 0.286. The second-order valence-corrected chi connectivity index (χ2v) is 7.15. The van der Waals surface area contributed by atoms with E-state index in [0.717, 1.165) is 22.6 Å². The molecule has 150 valence electrons. The number of carbonyl (C=O) groups is 1. The Morgan fingerprint density at radius 3 is 2.76 bits per heavy atom. The van der Waals surface area contributed by atoms with Crippen LogP contribution in [0.3, 0.4) is 0 Å². The molecule has 0 radical (unpaired) electrons. The number of fused-ring (bicyclic) bond motifs is 1.